The van der Waals surface area contributed by atoms with Crippen molar-refractivity contribution in [2.45, 2.75) is 36.9 Å². The fraction of sp³-hybridized carbons (Fsp3) is 0.286. The van der Waals surface area contributed by atoms with Gasteiger partial charge in [-0.15, -0.1) is 10.2 Å². The molecule has 6 heteroatoms. The zero-order valence-corrected chi connectivity index (χ0v) is 16.0. The van der Waals surface area contributed by atoms with Crippen molar-refractivity contribution in [3.63, 3.8) is 0 Å². The lowest BCUT2D eigenvalue weighted by Crippen LogP contribution is -2.28. The standard InChI is InChI=1S/C21H22N4OS/c1-15(16-8-4-2-5-9-16)22-19(26)14-27-21-24-23-20(17-12-13-17)25(21)18-10-6-3-7-11-18/h2-11,15,17H,12-14H2,1H3,(H,22,26). The lowest BCUT2D eigenvalue weighted by atomic mass is 10.1. The third kappa shape index (κ3) is 4.22. The molecule has 1 aromatic heterocycles. The highest BCUT2D eigenvalue weighted by atomic mass is 32.2. The molecule has 0 bridgehead atoms. The third-order valence-electron chi connectivity index (χ3n) is 4.62. The van der Waals surface area contributed by atoms with E-state index in [1.165, 1.54) is 11.8 Å². The van der Waals surface area contributed by atoms with Gasteiger partial charge in [-0.3, -0.25) is 9.36 Å². The summed E-state index contributed by atoms with van der Waals surface area (Å²) in [5.74, 6) is 1.79. The minimum Gasteiger partial charge on any atom is -0.349 e. The summed E-state index contributed by atoms with van der Waals surface area (Å²) in [4.78, 5) is 12.4. The summed E-state index contributed by atoms with van der Waals surface area (Å²) in [5.41, 5.74) is 2.14. The monoisotopic (exact) mass is 378 g/mol. The number of para-hydroxylation sites is 1. The van der Waals surface area contributed by atoms with Crippen LogP contribution in [0.25, 0.3) is 5.69 Å². The van der Waals surface area contributed by atoms with E-state index in [2.05, 4.69) is 32.2 Å². The molecule has 1 saturated carbocycles. The fourth-order valence-corrected chi connectivity index (χ4v) is 3.81. The Morgan fingerprint density at radius 2 is 1.78 bits per heavy atom. The molecule has 0 spiro atoms. The number of hydrogen-bond donors (Lipinski definition) is 1. The van der Waals surface area contributed by atoms with Gasteiger partial charge in [-0.25, -0.2) is 0 Å². The topological polar surface area (TPSA) is 59.8 Å². The molecule has 3 aromatic rings. The lowest BCUT2D eigenvalue weighted by Gasteiger charge is -2.14. The Morgan fingerprint density at radius 3 is 2.44 bits per heavy atom. The Bertz CT molecular complexity index is 906. The molecule has 1 unspecified atom stereocenters. The Hall–Kier alpha value is -2.60. The first-order valence-corrected chi connectivity index (χ1v) is 10.2. The van der Waals surface area contributed by atoms with Crippen molar-refractivity contribution in [2.24, 2.45) is 0 Å². The van der Waals surface area contributed by atoms with Gasteiger partial charge in [-0.1, -0.05) is 60.3 Å². The van der Waals surface area contributed by atoms with E-state index >= 15 is 0 Å². The average molecular weight is 379 g/mol. The number of rotatable bonds is 7. The highest BCUT2D eigenvalue weighted by Gasteiger charge is 2.31. The second-order valence-electron chi connectivity index (χ2n) is 6.77. The number of nitrogens with one attached hydrogen (secondary N) is 1. The van der Waals surface area contributed by atoms with E-state index in [0.29, 0.717) is 11.7 Å². The van der Waals surface area contributed by atoms with E-state index in [-0.39, 0.29) is 11.9 Å². The Morgan fingerprint density at radius 1 is 1.11 bits per heavy atom. The van der Waals surface area contributed by atoms with Crippen LogP contribution in [0.5, 0.6) is 0 Å². The van der Waals surface area contributed by atoms with Gasteiger partial charge in [-0.2, -0.15) is 0 Å². The van der Waals surface area contributed by atoms with Gasteiger partial charge in [-0.05, 0) is 37.5 Å². The van der Waals surface area contributed by atoms with Crippen molar-refractivity contribution in [3.05, 3.63) is 72.1 Å². The molecule has 0 aliphatic heterocycles. The van der Waals surface area contributed by atoms with Crippen LogP contribution >= 0.6 is 11.8 Å². The van der Waals surface area contributed by atoms with E-state index in [0.717, 1.165) is 35.1 Å². The number of carbonyl (C=O) groups is 1. The van der Waals surface area contributed by atoms with Gasteiger partial charge in [0.1, 0.15) is 5.82 Å². The summed E-state index contributed by atoms with van der Waals surface area (Å²) in [7, 11) is 0. The Balaban J connectivity index is 1.45. The molecular weight excluding hydrogens is 356 g/mol. The molecule has 1 fully saturated rings. The number of amides is 1. The maximum Gasteiger partial charge on any atom is 0.230 e. The van der Waals surface area contributed by atoms with Crippen LogP contribution in [0.3, 0.4) is 0 Å². The number of carbonyl (C=O) groups excluding carboxylic acids is 1. The van der Waals surface area contributed by atoms with Crippen LogP contribution in [0.1, 0.15) is 43.1 Å². The van der Waals surface area contributed by atoms with Gasteiger partial charge in [0.05, 0.1) is 11.8 Å². The van der Waals surface area contributed by atoms with E-state index in [4.69, 9.17) is 0 Å². The summed E-state index contributed by atoms with van der Waals surface area (Å²) in [6.07, 6.45) is 2.31. The van der Waals surface area contributed by atoms with Crippen LogP contribution in [0.4, 0.5) is 0 Å². The molecule has 1 aliphatic carbocycles. The van der Waals surface area contributed by atoms with Crippen LogP contribution < -0.4 is 5.32 Å². The molecule has 1 atom stereocenters. The van der Waals surface area contributed by atoms with Crippen LogP contribution in [0.2, 0.25) is 0 Å². The quantitative estimate of drug-likeness (QED) is 0.629. The van der Waals surface area contributed by atoms with Crippen LogP contribution in [0.15, 0.2) is 65.8 Å². The molecule has 138 valence electrons. The zero-order chi connectivity index (χ0) is 18.6. The van der Waals surface area contributed by atoms with Gasteiger partial charge < -0.3 is 5.32 Å². The molecule has 1 N–H and O–H groups in total. The first-order valence-electron chi connectivity index (χ1n) is 9.20. The third-order valence-corrected chi connectivity index (χ3v) is 5.55. The van der Waals surface area contributed by atoms with Gasteiger partial charge in [0, 0.05) is 11.6 Å². The second kappa shape index (κ2) is 7.96. The predicted octanol–water partition coefficient (Wildman–Crippen LogP) is 4.11. The van der Waals surface area contributed by atoms with Crippen molar-refractivity contribution < 1.29 is 4.79 Å². The maximum absolute atomic E-state index is 12.4. The van der Waals surface area contributed by atoms with Gasteiger partial charge in [0.2, 0.25) is 5.91 Å². The lowest BCUT2D eigenvalue weighted by molar-refractivity contribution is -0.119. The summed E-state index contributed by atoms with van der Waals surface area (Å²) in [6, 6.07) is 20.1. The average Bonchev–Trinajstić information content (AvgIpc) is 3.47. The van der Waals surface area contributed by atoms with Gasteiger partial charge in [0.25, 0.3) is 0 Å². The van der Waals surface area contributed by atoms with Crippen LogP contribution in [-0.4, -0.2) is 26.4 Å². The summed E-state index contributed by atoms with van der Waals surface area (Å²) < 4.78 is 2.09. The first-order chi connectivity index (χ1) is 13.2. The van der Waals surface area contributed by atoms with Crippen LogP contribution in [0, 0.1) is 0 Å². The van der Waals surface area contributed by atoms with E-state index in [1.54, 1.807) is 0 Å². The summed E-state index contributed by atoms with van der Waals surface area (Å²) in [5, 5.41) is 12.6. The SMILES string of the molecule is CC(NC(=O)CSc1nnc(C2CC2)n1-c1ccccc1)c1ccccc1. The molecule has 1 aliphatic rings. The van der Waals surface area contributed by atoms with E-state index in [9.17, 15) is 4.79 Å². The van der Waals surface area contributed by atoms with E-state index in [1.807, 2.05) is 55.5 Å². The molecule has 1 amide bonds. The van der Waals surface area contributed by atoms with Crippen molar-refractivity contribution in [3.8, 4) is 5.69 Å². The van der Waals surface area contributed by atoms with Gasteiger partial charge >= 0.3 is 0 Å². The molecule has 27 heavy (non-hydrogen) atoms. The second-order valence-corrected chi connectivity index (χ2v) is 7.72. The highest BCUT2D eigenvalue weighted by molar-refractivity contribution is 7.99. The molecule has 2 aromatic carbocycles. The van der Waals surface area contributed by atoms with Crippen molar-refractivity contribution >= 4 is 17.7 Å². The largest absolute Gasteiger partial charge is 0.349 e. The molecule has 0 saturated heterocycles. The number of benzene rings is 2. The first kappa shape index (κ1) is 17.8. The number of thioether (sulfide) groups is 1. The highest BCUT2D eigenvalue weighted by Crippen LogP contribution is 2.41. The van der Waals surface area contributed by atoms with Crippen molar-refractivity contribution in [2.75, 3.05) is 5.75 Å². The van der Waals surface area contributed by atoms with Crippen molar-refractivity contribution in [1.29, 1.82) is 0 Å². The van der Waals surface area contributed by atoms with Crippen LogP contribution in [-0.2, 0) is 4.79 Å². The fourth-order valence-electron chi connectivity index (χ4n) is 3.04. The molecule has 4 rings (SSSR count). The molecular formula is C21H22N4OS. The minimum atomic E-state index is -0.0201. The zero-order valence-electron chi connectivity index (χ0n) is 15.2. The smallest absolute Gasteiger partial charge is 0.230 e. The molecule has 5 nitrogen and oxygen atoms in total. The Kier molecular flexibility index (Phi) is 5.25. The summed E-state index contributed by atoms with van der Waals surface area (Å²) >= 11 is 1.43. The molecule has 1 heterocycles. The number of hydrogen-bond acceptors (Lipinski definition) is 4. The van der Waals surface area contributed by atoms with Gasteiger partial charge in [0.15, 0.2) is 5.16 Å². The number of nitrogens with zero attached hydrogens (tertiary/aromatic N) is 3. The normalized spacial score (nSPS) is 14.7. The maximum atomic E-state index is 12.4. The number of aromatic nitrogens is 3. The Labute approximate surface area is 163 Å². The summed E-state index contributed by atoms with van der Waals surface area (Å²) in [6.45, 7) is 2.00. The predicted molar refractivity (Wildman–Crippen MR) is 107 cm³/mol. The van der Waals surface area contributed by atoms with Crippen molar-refractivity contribution in [1.82, 2.24) is 20.1 Å². The van der Waals surface area contributed by atoms with E-state index < -0.39 is 0 Å². The minimum absolute atomic E-state index is 0.00747. The molecule has 0 radical (unpaired) electrons.